The number of benzene rings is 1. The van der Waals surface area contributed by atoms with Crippen LogP contribution in [0, 0.1) is 0 Å². The van der Waals surface area contributed by atoms with Crippen molar-refractivity contribution >= 4 is 0 Å². The van der Waals surface area contributed by atoms with Crippen LogP contribution in [0.1, 0.15) is 33.1 Å². The summed E-state index contributed by atoms with van der Waals surface area (Å²) < 4.78 is 11.1. The number of rotatable bonds is 9. The van der Waals surface area contributed by atoms with Crippen LogP contribution in [0.5, 0.6) is 11.5 Å². The summed E-state index contributed by atoms with van der Waals surface area (Å²) in [7, 11) is 0. The summed E-state index contributed by atoms with van der Waals surface area (Å²) in [5.74, 6) is 1.68. The van der Waals surface area contributed by atoms with Crippen LogP contribution in [-0.4, -0.2) is 30.5 Å². The van der Waals surface area contributed by atoms with Gasteiger partial charge in [-0.15, -0.1) is 0 Å². The summed E-state index contributed by atoms with van der Waals surface area (Å²) in [6.45, 7) is 5.40. The van der Waals surface area contributed by atoms with Gasteiger partial charge in [0, 0.05) is 6.54 Å². The molecule has 0 aliphatic heterocycles. The summed E-state index contributed by atoms with van der Waals surface area (Å²) in [6.07, 6.45) is 2.42. The van der Waals surface area contributed by atoms with Crippen molar-refractivity contribution in [3.05, 3.63) is 24.3 Å². The third-order valence-electron chi connectivity index (χ3n) is 2.86. The second kappa shape index (κ2) is 8.02. The van der Waals surface area contributed by atoms with Crippen molar-refractivity contribution < 1.29 is 14.6 Å². The van der Waals surface area contributed by atoms with Crippen molar-refractivity contribution in [3.8, 4) is 11.5 Å². The molecular formula is C15H25NO3. The second-order valence-electron chi connectivity index (χ2n) is 4.97. The number of aliphatic hydroxyl groups is 1. The Morgan fingerprint density at radius 1 is 1.11 bits per heavy atom. The first-order chi connectivity index (χ1) is 9.07. The second-order valence-corrected chi connectivity index (χ2v) is 4.97. The summed E-state index contributed by atoms with van der Waals surface area (Å²) >= 11 is 0. The first-order valence-corrected chi connectivity index (χ1v) is 6.85. The van der Waals surface area contributed by atoms with E-state index in [-0.39, 0.29) is 6.54 Å². The molecule has 1 unspecified atom stereocenters. The van der Waals surface area contributed by atoms with Gasteiger partial charge in [0.2, 0.25) is 0 Å². The topological polar surface area (TPSA) is 64.7 Å². The van der Waals surface area contributed by atoms with E-state index in [0.29, 0.717) is 13.0 Å². The van der Waals surface area contributed by atoms with Gasteiger partial charge in [-0.2, -0.15) is 0 Å². The molecule has 0 aliphatic rings. The average Bonchev–Trinajstić information content (AvgIpc) is 2.42. The molecule has 1 atom stereocenters. The van der Waals surface area contributed by atoms with E-state index in [1.54, 1.807) is 6.92 Å². The fraction of sp³-hybridized carbons (Fsp3) is 0.600. The highest BCUT2D eigenvalue weighted by Crippen LogP contribution is 2.18. The third-order valence-corrected chi connectivity index (χ3v) is 2.86. The lowest BCUT2D eigenvalue weighted by molar-refractivity contribution is 0.0536. The molecule has 19 heavy (non-hydrogen) atoms. The summed E-state index contributed by atoms with van der Waals surface area (Å²) in [6, 6.07) is 7.60. The van der Waals surface area contributed by atoms with E-state index in [4.69, 9.17) is 15.2 Å². The molecule has 0 aromatic heterocycles. The van der Waals surface area contributed by atoms with E-state index in [0.717, 1.165) is 30.9 Å². The molecule has 1 aromatic carbocycles. The molecule has 0 bridgehead atoms. The molecule has 4 heteroatoms. The zero-order valence-electron chi connectivity index (χ0n) is 11.9. The number of nitrogens with two attached hydrogens (primary N) is 1. The molecule has 0 fully saturated rings. The Morgan fingerprint density at radius 3 is 2.11 bits per heavy atom. The largest absolute Gasteiger partial charge is 0.494 e. The maximum atomic E-state index is 9.74. The highest BCUT2D eigenvalue weighted by molar-refractivity contribution is 5.31. The van der Waals surface area contributed by atoms with Crippen molar-refractivity contribution in [2.75, 3.05) is 19.8 Å². The summed E-state index contributed by atoms with van der Waals surface area (Å²) in [5.41, 5.74) is 4.66. The third kappa shape index (κ3) is 6.45. The van der Waals surface area contributed by atoms with Gasteiger partial charge in [-0.05, 0) is 50.5 Å². The van der Waals surface area contributed by atoms with Crippen LogP contribution < -0.4 is 15.2 Å². The molecule has 3 N–H and O–H groups in total. The highest BCUT2D eigenvalue weighted by atomic mass is 16.5. The van der Waals surface area contributed by atoms with Gasteiger partial charge in [-0.1, -0.05) is 6.92 Å². The van der Waals surface area contributed by atoms with Crippen LogP contribution in [0.4, 0.5) is 0 Å². The number of hydrogen-bond acceptors (Lipinski definition) is 4. The molecule has 0 saturated heterocycles. The smallest absolute Gasteiger partial charge is 0.119 e. The fourth-order valence-corrected chi connectivity index (χ4v) is 1.60. The average molecular weight is 267 g/mol. The van der Waals surface area contributed by atoms with E-state index in [1.165, 1.54) is 0 Å². The molecule has 0 spiro atoms. The predicted octanol–water partition coefficient (Wildman–Crippen LogP) is 2.34. The van der Waals surface area contributed by atoms with Crippen molar-refractivity contribution in [3.63, 3.8) is 0 Å². The van der Waals surface area contributed by atoms with Gasteiger partial charge in [0.1, 0.15) is 11.5 Å². The highest BCUT2D eigenvalue weighted by Gasteiger charge is 2.16. The van der Waals surface area contributed by atoms with Crippen molar-refractivity contribution in [2.45, 2.75) is 38.7 Å². The van der Waals surface area contributed by atoms with Crippen LogP contribution >= 0.6 is 0 Å². The minimum Gasteiger partial charge on any atom is -0.494 e. The van der Waals surface area contributed by atoms with E-state index in [2.05, 4.69) is 6.92 Å². The Kier molecular flexibility index (Phi) is 6.67. The zero-order valence-corrected chi connectivity index (χ0v) is 11.9. The standard InChI is InChI=1S/C15H25NO3/c1-3-10-18-13-5-7-14(8-6-13)19-11-4-9-15(2,17)12-16/h5-8,17H,3-4,9-12,16H2,1-2H3. The number of ether oxygens (including phenoxy) is 2. The van der Waals surface area contributed by atoms with Gasteiger partial charge in [-0.3, -0.25) is 0 Å². The van der Waals surface area contributed by atoms with E-state index < -0.39 is 5.60 Å². The van der Waals surface area contributed by atoms with Crippen LogP contribution in [0.25, 0.3) is 0 Å². The maximum absolute atomic E-state index is 9.74. The molecular weight excluding hydrogens is 242 g/mol. The first-order valence-electron chi connectivity index (χ1n) is 6.85. The zero-order chi connectivity index (χ0) is 14.1. The Labute approximate surface area is 115 Å². The first kappa shape index (κ1) is 15.8. The molecule has 1 rings (SSSR count). The minimum atomic E-state index is -0.790. The van der Waals surface area contributed by atoms with Crippen LogP contribution in [-0.2, 0) is 0 Å². The van der Waals surface area contributed by atoms with E-state index in [1.807, 2.05) is 24.3 Å². The van der Waals surface area contributed by atoms with Gasteiger partial charge in [-0.25, -0.2) is 0 Å². The fourth-order valence-electron chi connectivity index (χ4n) is 1.60. The van der Waals surface area contributed by atoms with Crippen LogP contribution in [0.2, 0.25) is 0 Å². The van der Waals surface area contributed by atoms with Gasteiger partial charge in [0.25, 0.3) is 0 Å². The maximum Gasteiger partial charge on any atom is 0.119 e. The molecule has 0 saturated carbocycles. The Bertz CT molecular complexity index is 349. The van der Waals surface area contributed by atoms with Gasteiger partial charge in [0.05, 0.1) is 18.8 Å². The molecule has 0 amide bonds. The normalized spacial score (nSPS) is 13.9. The Hall–Kier alpha value is -1.26. The van der Waals surface area contributed by atoms with Crippen molar-refractivity contribution in [1.82, 2.24) is 0 Å². The minimum absolute atomic E-state index is 0.274. The lowest BCUT2D eigenvalue weighted by Gasteiger charge is -2.20. The molecule has 0 heterocycles. The quantitative estimate of drug-likeness (QED) is 0.674. The lowest BCUT2D eigenvalue weighted by atomic mass is 10.0. The van der Waals surface area contributed by atoms with Crippen LogP contribution in [0.3, 0.4) is 0 Å². The van der Waals surface area contributed by atoms with Gasteiger partial charge in [0.15, 0.2) is 0 Å². The van der Waals surface area contributed by atoms with E-state index >= 15 is 0 Å². The van der Waals surface area contributed by atoms with Gasteiger partial charge >= 0.3 is 0 Å². The van der Waals surface area contributed by atoms with E-state index in [9.17, 15) is 5.11 Å². The number of hydrogen-bond donors (Lipinski definition) is 2. The lowest BCUT2D eigenvalue weighted by Crippen LogP contribution is -2.34. The Balaban J connectivity index is 2.26. The Morgan fingerprint density at radius 2 is 1.63 bits per heavy atom. The summed E-state index contributed by atoms with van der Waals surface area (Å²) in [4.78, 5) is 0. The van der Waals surface area contributed by atoms with Crippen LogP contribution in [0.15, 0.2) is 24.3 Å². The molecule has 0 aliphatic carbocycles. The SMILES string of the molecule is CCCOc1ccc(OCCCC(C)(O)CN)cc1. The predicted molar refractivity (Wildman–Crippen MR) is 76.6 cm³/mol. The van der Waals surface area contributed by atoms with Crippen molar-refractivity contribution in [1.29, 1.82) is 0 Å². The summed E-state index contributed by atoms with van der Waals surface area (Å²) in [5, 5.41) is 9.74. The molecule has 108 valence electrons. The molecule has 0 radical (unpaired) electrons. The van der Waals surface area contributed by atoms with Crippen molar-refractivity contribution in [2.24, 2.45) is 5.73 Å². The monoisotopic (exact) mass is 267 g/mol. The van der Waals surface area contributed by atoms with Gasteiger partial charge < -0.3 is 20.3 Å². The molecule has 1 aromatic rings. The molecule has 4 nitrogen and oxygen atoms in total.